The zero-order valence-corrected chi connectivity index (χ0v) is 16.0. The van der Waals surface area contributed by atoms with Crippen molar-refractivity contribution in [1.82, 2.24) is 4.90 Å². The van der Waals surface area contributed by atoms with Gasteiger partial charge in [0.2, 0.25) is 5.91 Å². The fourth-order valence-corrected chi connectivity index (χ4v) is 2.87. The monoisotopic (exact) mass is 399 g/mol. The number of para-hydroxylation sites is 2. The first-order valence-electron chi connectivity index (χ1n) is 9.29. The molecule has 2 aromatic rings. The number of hydrogen-bond donors (Lipinski definition) is 3. The lowest BCUT2D eigenvalue weighted by molar-refractivity contribution is -0.159. The lowest BCUT2D eigenvalue weighted by Gasteiger charge is -2.36. The van der Waals surface area contributed by atoms with E-state index in [1.165, 1.54) is 5.69 Å². The highest BCUT2D eigenvalue weighted by Crippen LogP contribution is 2.15. The van der Waals surface area contributed by atoms with Gasteiger partial charge in [-0.05, 0) is 24.3 Å². The van der Waals surface area contributed by atoms with E-state index in [4.69, 9.17) is 19.8 Å². The van der Waals surface area contributed by atoms with Crippen LogP contribution in [0.2, 0.25) is 0 Å². The predicted molar refractivity (Wildman–Crippen MR) is 110 cm³/mol. The first kappa shape index (κ1) is 21.9. The summed E-state index contributed by atoms with van der Waals surface area (Å²) in [6.45, 7) is 4.87. The summed E-state index contributed by atoms with van der Waals surface area (Å²) in [4.78, 5) is 35.0. The van der Waals surface area contributed by atoms with Crippen molar-refractivity contribution in [3.05, 3.63) is 60.7 Å². The quantitative estimate of drug-likeness (QED) is 0.660. The van der Waals surface area contributed by atoms with E-state index in [1.807, 2.05) is 36.4 Å². The highest BCUT2D eigenvalue weighted by Gasteiger charge is 2.17. The smallest absolute Gasteiger partial charge is 0.414 e. The number of carbonyl (C=O) groups is 3. The van der Waals surface area contributed by atoms with Gasteiger partial charge in [-0.2, -0.15) is 0 Å². The summed E-state index contributed by atoms with van der Waals surface area (Å²) in [7, 11) is 0. The topological polar surface area (TPSA) is 110 Å². The van der Waals surface area contributed by atoms with E-state index in [2.05, 4.69) is 39.4 Å². The number of nitrogens with zero attached hydrogens (tertiary/aromatic N) is 2. The van der Waals surface area contributed by atoms with E-state index >= 15 is 0 Å². The zero-order chi connectivity index (χ0) is 21.1. The van der Waals surface area contributed by atoms with Gasteiger partial charge in [-0.1, -0.05) is 36.4 Å². The maximum absolute atomic E-state index is 12.0. The summed E-state index contributed by atoms with van der Waals surface area (Å²) in [5, 5.41) is 17.7. The largest absolute Gasteiger partial charge is 0.473 e. The number of anilines is 2. The van der Waals surface area contributed by atoms with Gasteiger partial charge >= 0.3 is 11.9 Å². The molecule has 29 heavy (non-hydrogen) atoms. The van der Waals surface area contributed by atoms with Gasteiger partial charge in [0.15, 0.2) is 0 Å². The van der Waals surface area contributed by atoms with Crippen molar-refractivity contribution >= 4 is 29.2 Å². The maximum Gasteiger partial charge on any atom is 0.414 e. The molecular weight excluding hydrogens is 374 g/mol. The third-order valence-corrected chi connectivity index (χ3v) is 4.39. The summed E-state index contributed by atoms with van der Waals surface area (Å²) in [5.41, 5.74) is 2.15. The van der Waals surface area contributed by atoms with Gasteiger partial charge in [-0.3, -0.25) is 9.69 Å². The summed E-state index contributed by atoms with van der Waals surface area (Å²) in [6.07, 6.45) is 0.542. The Hall–Kier alpha value is -3.39. The molecule has 0 unspecified atom stereocenters. The van der Waals surface area contributed by atoms with Gasteiger partial charge in [0.1, 0.15) is 0 Å². The fraction of sp³-hybridized carbons (Fsp3) is 0.286. The van der Waals surface area contributed by atoms with Gasteiger partial charge < -0.3 is 20.4 Å². The van der Waals surface area contributed by atoms with Gasteiger partial charge in [-0.15, -0.1) is 0 Å². The molecule has 3 N–H and O–H groups in total. The number of amides is 1. The van der Waals surface area contributed by atoms with Crippen LogP contribution in [0.3, 0.4) is 0 Å². The van der Waals surface area contributed by atoms with Crippen LogP contribution in [0.1, 0.15) is 6.42 Å². The molecule has 2 aromatic carbocycles. The summed E-state index contributed by atoms with van der Waals surface area (Å²) in [6, 6.07) is 20.1. The highest BCUT2D eigenvalue weighted by molar-refractivity contribution is 6.27. The van der Waals surface area contributed by atoms with Crippen LogP contribution in [0.5, 0.6) is 0 Å². The van der Waals surface area contributed by atoms with Crippen molar-refractivity contribution < 1.29 is 24.6 Å². The van der Waals surface area contributed by atoms with Crippen LogP contribution < -0.4 is 10.2 Å². The third kappa shape index (κ3) is 8.02. The van der Waals surface area contributed by atoms with Crippen molar-refractivity contribution in [2.45, 2.75) is 6.42 Å². The zero-order valence-electron chi connectivity index (χ0n) is 16.0. The second-order valence-electron chi connectivity index (χ2n) is 6.44. The lowest BCUT2D eigenvalue weighted by Crippen LogP contribution is -2.47. The number of benzene rings is 2. The van der Waals surface area contributed by atoms with Crippen LogP contribution in [-0.2, 0) is 14.4 Å². The number of aliphatic carboxylic acids is 2. The average Bonchev–Trinajstić information content (AvgIpc) is 2.74. The number of rotatable bonds is 5. The van der Waals surface area contributed by atoms with Crippen molar-refractivity contribution in [1.29, 1.82) is 0 Å². The van der Waals surface area contributed by atoms with Crippen LogP contribution in [0, 0.1) is 0 Å². The molecule has 1 aliphatic heterocycles. The molecule has 0 aromatic heterocycles. The normalized spacial score (nSPS) is 13.7. The molecule has 0 atom stereocenters. The van der Waals surface area contributed by atoms with Crippen LogP contribution in [-0.4, -0.2) is 65.7 Å². The second kappa shape index (κ2) is 11.5. The summed E-state index contributed by atoms with van der Waals surface area (Å²) in [5.74, 6) is -3.56. The van der Waals surface area contributed by atoms with Gasteiger partial charge in [0.05, 0.1) is 0 Å². The number of piperazine rings is 1. The van der Waals surface area contributed by atoms with Gasteiger partial charge in [0.25, 0.3) is 0 Å². The maximum atomic E-state index is 12.0. The molecule has 0 aliphatic carbocycles. The van der Waals surface area contributed by atoms with Gasteiger partial charge in [-0.25, -0.2) is 9.59 Å². The Balaban J connectivity index is 0.000000438. The second-order valence-corrected chi connectivity index (χ2v) is 6.44. The minimum atomic E-state index is -1.82. The first-order chi connectivity index (χ1) is 14.0. The molecule has 0 radical (unpaired) electrons. The predicted octanol–water partition coefficient (Wildman–Crippen LogP) is 1.99. The molecule has 0 saturated carbocycles. The SMILES string of the molecule is O=C(CCN1CCN(c2ccccc2)CC1)Nc1ccccc1.O=C(O)C(=O)O. The van der Waals surface area contributed by atoms with E-state index in [1.54, 1.807) is 0 Å². The van der Waals surface area contributed by atoms with E-state index in [0.717, 1.165) is 38.4 Å². The molecule has 1 saturated heterocycles. The average molecular weight is 399 g/mol. The molecular formula is C21H25N3O5. The molecule has 154 valence electrons. The minimum Gasteiger partial charge on any atom is -0.473 e. The Morgan fingerprint density at radius 3 is 1.83 bits per heavy atom. The Morgan fingerprint density at radius 1 is 0.793 bits per heavy atom. The number of nitrogens with one attached hydrogen (secondary N) is 1. The molecule has 3 rings (SSSR count). The molecule has 1 amide bonds. The lowest BCUT2D eigenvalue weighted by atomic mass is 10.2. The molecule has 1 fully saturated rings. The Morgan fingerprint density at radius 2 is 1.31 bits per heavy atom. The Bertz CT molecular complexity index is 778. The van der Waals surface area contributed by atoms with E-state index in [0.29, 0.717) is 6.42 Å². The van der Waals surface area contributed by atoms with Crippen LogP contribution in [0.4, 0.5) is 11.4 Å². The summed E-state index contributed by atoms with van der Waals surface area (Å²) >= 11 is 0. The fourth-order valence-electron chi connectivity index (χ4n) is 2.87. The van der Waals surface area contributed by atoms with Crippen LogP contribution in [0.25, 0.3) is 0 Å². The van der Waals surface area contributed by atoms with Crippen LogP contribution >= 0.6 is 0 Å². The standard InChI is InChI=1S/C19H23N3O.C2H2O4/c23-19(20-17-7-3-1-4-8-17)11-12-21-13-15-22(16-14-21)18-9-5-2-6-10-18;3-1(4)2(5)6/h1-10H,11-16H2,(H,20,23);(H,3,4)(H,5,6). The van der Waals surface area contributed by atoms with Crippen molar-refractivity contribution in [2.24, 2.45) is 0 Å². The molecule has 0 spiro atoms. The van der Waals surface area contributed by atoms with E-state index in [9.17, 15) is 4.79 Å². The number of carbonyl (C=O) groups excluding carboxylic acids is 1. The molecule has 8 nitrogen and oxygen atoms in total. The molecule has 1 aliphatic rings. The van der Waals surface area contributed by atoms with E-state index < -0.39 is 11.9 Å². The van der Waals surface area contributed by atoms with Crippen LogP contribution in [0.15, 0.2) is 60.7 Å². The molecule has 1 heterocycles. The highest BCUT2D eigenvalue weighted by atomic mass is 16.4. The molecule has 8 heteroatoms. The first-order valence-corrected chi connectivity index (χ1v) is 9.29. The van der Waals surface area contributed by atoms with E-state index in [-0.39, 0.29) is 5.91 Å². The van der Waals surface area contributed by atoms with Gasteiger partial charge in [0, 0.05) is 50.5 Å². The number of hydrogen-bond acceptors (Lipinski definition) is 5. The van der Waals surface area contributed by atoms with Crippen molar-refractivity contribution in [2.75, 3.05) is 42.9 Å². The third-order valence-electron chi connectivity index (χ3n) is 4.39. The minimum absolute atomic E-state index is 0.0849. The number of carboxylic acid groups (broad SMARTS) is 2. The number of carboxylic acids is 2. The van der Waals surface area contributed by atoms with Crippen molar-refractivity contribution in [3.8, 4) is 0 Å². The summed E-state index contributed by atoms with van der Waals surface area (Å²) < 4.78 is 0. The Kier molecular flexibility index (Phi) is 8.65. The molecule has 0 bridgehead atoms. The Labute approximate surface area is 169 Å². The van der Waals surface area contributed by atoms with Crippen molar-refractivity contribution in [3.63, 3.8) is 0 Å².